The van der Waals surface area contributed by atoms with Crippen molar-refractivity contribution in [3.8, 4) is 0 Å². The van der Waals surface area contributed by atoms with Gasteiger partial charge in [-0.05, 0) is 42.1 Å². The van der Waals surface area contributed by atoms with Crippen LogP contribution in [0.15, 0.2) is 29.6 Å². The molecular weight excluding hydrogens is 310 g/mol. The van der Waals surface area contributed by atoms with Crippen molar-refractivity contribution in [2.45, 2.75) is 18.4 Å². The standard InChI is InChI=1S/C14H14ClN3O2S/c15-11-3-1-10(2-4-11)7-14(5-6-20-9-14)16-13(19)12-8-21-18-17-12/h1-4,8H,5-7,9H2,(H,16,19). The van der Waals surface area contributed by atoms with E-state index in [0.29, 0.717) is 30.4 Å². The first-order valence-corrected chi connectivity index (χ1v) is 7.80. The Labute approximate surface area is 131 Å². The number of nitrogens with one attached hydrogen (secondary N) is 1. The normalized spacial score (nSPS) is 21.4. The molecule has 1 atom stereocenters. The van der Waals surface area contributed by atoms with Gasteiger partial charge in [-0.15, -0.1) is 5.10 Å². The summed E-state index contributed by atoms with van der Waals surface area (Å²) in [6.07, 6.45) is 1.48. The summed E-state index contributed by atoms with van der Waals surface area (Å²) in [4.78, 5) is 12.2. The number of aromatic nitrogens is 2. The van der Waals surface area contributed by atoms with Crippen molar-refractivity contribution in [3.05, 3.63) is 45.9 Å². The third-order valence-corrected chi connectivity index (χ3v) is 4.29. The molecule has 0 bridgehead atoms. The Morgan fingerprint density at radius 3 is 2.86 bits per heavy atom. The van der Waals surface area contributed by atoms with E-state index in [2.05, 4.69) is 14.9 Å². The zero-order chi connectivity index (χ0) is 14.7. The maximum absolute atomic E-state index is 12.2. The van der Waals surface area contributed by atoms with E-state index in [1.807, 2.05) is 24.3 Å². The number of ether oxygens (including phenoxy) is 1. The molecule has 2 aromatic rings. The number of hydrogen-bond donors (Lipinski definition) is 1. The molecule has 1 aliphatic rings. The Balaban J connectivity index is 1.76. The van der Waals surface area contributed by atoms with Gasteiger partial charge in [0.15, 0.2) is 5.69 Å². The summed E-state index contributed by atoms with van der Waals surface area (Å²) in [5.74, 6) is -0.205. The molecule has 7 heteroatoms. The lowest BCUT2D eigenvalue weighted by Crippen LogP contribution is -2.50. The van der Waals surface area contributed by atoms with Crippen molar-refractivity contribution in [1.82, 2.24) is 14.9 Å². The fourth-order valence-corrected chi connectivity index (χ4v) is 3.01. The predicted octanol–water partition coefficient (Wildman–Crippen LogP) is 2.32. The van der Waals surface area contributed by atoms with Crippen LogP contribution in [0.3, 0.4) is 0 Å². The molecule has 2 heterocycles. The number of nitrogens with zero attached hydrogens (tertiary/aromatic N) is 2. The van der Waals surface area contributed by atoms with E-state index >= 15 is 0 Å². The molecule has 1 aromatic carbocycles. The van der Waals surface area contributed by atoms with Crippen molar-refractivity contribution < 1.29 is 9.53 Å². The fourth-order valence-electron chi connectivity index (χ4n) is 2.45. The Bertz CT molecular complexity index is 610. The highest BCUT2D eigenvalue weighted by atomic mass is 35.5. The molecule has 21 heavy (non-hydrogen) atoms. The van der Waals surface area contributed by atoms with Gasteiger partial charge in [0.25, 0.3) is 5.91 Å². The Morgan fingerprint density at radius 1 is 1.43 bits per heavy atom. The molecule has 1 N–H and O–H groups in total. The van der Waals surface area contributed by atoms with Crippen LogP contribution in [0.4, 0.5) is 0 Å². The predicted molar refractivity (Wildman–Crippen MR) is 80.7 cm³/mol. The second-order valence-electron chi connectivity index (χ2n) is 5.13. The molecule has 1 amide bonds. The lowest BCUT2D eigenvalue weighted by Gasteiger charge is -2.28. The topological polar surface area (TPSA) is 64.1 Å². The molecule has 1 aliphatic heterocycles. The first-order chi connectivity index (χ1) is 10.2. The van der Waals surface area contributed by atoms with Crippen molar-refractivity contribution in [1.29, 1.82) is 0 Å². The van der Waals surface area contributed by atoms with Gasteiger partial charge in [-0.25, -0.2) is 0 Å². The van der Waals surface area contributed by atoms with Gasteiger partial charge in [-0.3, -0.25) is 4.79 Å². The van der Waals surface area contributed by atoms with E-state index in [1.54, 1.807) is 5.38 Å². The highest BCUT2D eigenvalue weighted by Crippen LogP contribution is 2.25. The second kappa shape index (κ2) is 6.09. The first-order valence-electron chi connectivity index (χ1n) is 6.59. The molecule has 0 aliphatic carbocycles. The van der Waals surface area contributed by atoms with Crippen molar-refractivity contribution in [3.63, 3.8) is 0 Å². The van der Waals surface area contributed by atoms with E-state index in [0.717, 1.165) is 23.5 Å². The molecular formula is C14H14ClN3O2S. The van der Waals surface area contributed by atoms with E-state index < -0.39 is 5.54 Å². The molecule has 1 aromatic heterocycles. The van der Waals surface area contributed by atoms with Gasteiger partial charge < -0.3 is 10.1 Å². The fraction of sp³-hybridized carbons (Fsp3) is 0.357. The van der Waals surface area contributed by atoms with Crippen LogP contribution >= 0.6 is 23.1 Å². The van der Waals surface area contributed by atoms with Crippen LogP contribution in [0.2, 0.25) is 5.02 Å². The summed E-state index contributed by atoms with van der Waals surface area (Å²) in [6, 6.07) is 7.65. The van der Waals surface area contributed by atoms with Crippen molar-refractivity contribution >= 4 is 29.0 Å². The van der Waals surface area contributed by atoms with Gasteiger partial charge >= 0.3 is 0 Å². The Hall–Kier alpha value is -1.50. The third kappa shape index (κ3) is 3.40. The minimum absolute atomic E-state index is 0.205. The van der Waals surface area contributed by atoms with Gasteiger partial charge in [0.2, 0.25) is 0 Å². The molecule has 0 saturated carbocycles. The van der Waals surface area contributed by atoms with Crippen LogP contribution in [0.1, 0.15) is 22.5 Å². The van der Waals surface area contributed by atoms with Gasteiger partial charge in [0.1, 0.15) is 0 Å². The summed E-state index contributed by atoms with van der Waals surface area (Å²) < 4.78 is 9.22. The second-order valence-corrected chi connectivity index (χ2v) is 6.18. The van der Waals surface area contributed by atoms with E-state index in [4.69, 9.17) is 16.3 Å². The minimum Gasteiger partial charge on any atom is -0.379 e. The Morgan fingerprint density at radius 2 is 2.24 bits per heavy atom. The molecule has 0 radical (unpaired) electrons. The summed E-state index contributed by atoms with van der Waals surface area (Å²) in [5, 5.41) is 9.21. The molecule has 5 nitrogen and oxygen atoms in total. The quantitative estimate of drug-likeness (QED) is 0.938. The average molecular weight is 324 g/mol. The van der Waals surface area contributed by atoms with E-state index in [9.17, 15) is 4.79 Å². The van der Waals surface area contributed by atoms with Gasteiger partial charge in [-0.1, -0.05) is 28.2 Å². The van der Waals surface area contributed by atoms with Crippen LogP contribution < -0.4 is 5.32 Å². The number of carbonyl (C=O) groups excluding carboxylic acids is 1. The maximum Gasteiger partial charge on any atom is 0.273 e. The van der Waals surface area contributed by atoms with Crippen LogP contribution in [-0.2, 0) is 11.2 Å². The summed E-state index contributed by atoms with van der Waals surface area (Å²) in [5.41, 5.74) is 1.07. The SMILES string of the molecule is O=C(NC1(Cc2ccc(Cl)cc2)CCOC1)c1csnn1. The average Bonchev–Trinajstić information content (AvgIpc) is 3.13. The zero-order valence-electron chi connectivity index (χ0n) is 11.2. The third-order valence-electron chi connectivity index (χ3n) is 3.53. The minimum atomic E-state index is -0.394. The highest BCUT2D eigenvalue weighted by Gasteiger charge is 2.37. The molecule has 1 fully saturated rings. The summed E-state index contributed by atoms with van der Waals surface area (Å²) in [7, 11) is 0. The summed E-state index contributed by atoms with van der Waals surface area (Å²) >= 11 is 7.07. The molecule has 3 rings (SSSR count). The molecule has 110 valence electrons. The lowest BCUT2D eigenvalue weighted by molar-refractivity contribution is 0.0872. The number of halogens is 1. The number of carbonyl (C=O) groups is 1. The largest absolute Gasteiger partial charge is 0.379 e. The van der Waals surface area contributed by atoms with Crippen LogP contribution in [0, 0.1) is 0 Å². The van der Waals surface area contributed by atoms with Gasteiger partial charge in [-0.2, -0.15) is 0 Å². The molecule has 1 saturated heterocycles. The number of hydrogen-bond acceptors (Lipinski definition) is 5. The zero-order valence-corrected chi connectivity index (χ0v) is 12.8. The van der Waals surface area contributed by atoms with Crippen molar-refractivity contribution in [2.24, 2.45) is 0 Å². The number of rotatable bonds is 4. The van der Waals surface area contributed by atoms with Crippen molar-refractivity contribution in [2.75, 3.05) is 13.2 Å². The smallest absolute Gasteiger partial charge is 0.273 e. The van der Waals surface area contributed by atoms with Crippen LogP contribution in [0.5, 0.6) is 0 Å². The molecule has 0 spiro atoms. The molecule has 1 unspecified atom stereocenters. The summed E-state index contributed by atoms with van der Waals surface area (Å²) in [6.45, 7) is 1.14. The van der Waals surface area contributed by atoms with E-state index in [-0.39, 0.29) is 5.91 Å². The van der Waals surface area contributed by atoms with E-state index in [1.165, 1.54) is 0 Å². The van der Waals surface area contributed by atoms with Crippen LogP contribution in [-0.4, -0.2) is 34.2 Å². The first kappa shape index (κ1) is 14.4. The monoisotopic (exact) mass is 323 g/mol. The highest BCUT2D eigenvalue weighted by molar-refractivity contribution is 7.03. The Kier molecular flexibility index (Phi) is 4.19. The number of amides is 1. The van der Waals surface area contributed by atoms with Gasteiger partial charge in [0, 0.05) is 17.0 Å². The van der Waals surface area contributed by atoms with Crippen LogP contribution in [0.25, 0.3) is 0 Å². The van der Waals surface area contributed by atoms with Gasteiger partial charge in [0.05, 0.1) is 12.1 Å². The lowest BCUT2D eigenvalue weighted by atomic mass is 9.90. The maximum atomic E-state index is 12.2. The number of benzene rings is 1.